The number of hydrogen-bond donors (Lipinski definition) is 4. The molecule has 0 atom stereocenters. The summed E-state index contributed by atoms with van der Waals surface area (Å²) in [4.78, 5) is 1.84. The molecule has 0 bridgehead atoms. The van der Waals surface area contributed by atoms with E-state index >= 15 is 0 Å². The molecule has 1 heterocycles. The van der Waals surface area contributed by atoms with Crippen molar-refractivity contribution < 1.29 is 10.2 Å². The van der Waals surface area contributed by atoms with E-state index in [4.69, 9.17) is 15.9 Å². The highest BCUT2D eigenvalue weighted by Gasteiger charge is 2.11. The largest absolute Gasteiger partial charge is 0.397 e. The second kappa shape index (κ2) is 5.03. The molecular formula is C11H16N4O2. The number of aromatic amines is 1. The minimum absolute atomic E-state index is 0.0143. The van der Waals surface area contributed by atoms with Gasteiger partial charge in [0.1, 0.15) is 0 Å². The van der Waals surface area contributed by atoms with Gasteiger partial charge in [-0.2, -0.15) is 5.10 Å². The zero-order valence-corrected chi connectivity index (χ0v) is 9.43. The van der Waals surface area contributed by atoms with Crippen molar-refractivity contribution in [3.63, 3.8) is 0 Å². The lowest BCUT2D eigenvalue weighted by molar-refractivity contribution is 0.281. The summed E-state index contributed by atoms with van der Waals surface area (Å²) in [6, 6.07) is 3.71. The number of aliphatic hydroxyl groups excluding tert-OH is 2. The summed E-state index contributed by atoms with van der Waals surface area (Å²) in [5.74, 6) is 0. The molecule has 5 N–H and O–H groups in total. The smallest absolute Gasteiger partial charge is 0.0672 e. The Morgan fingerprint density at radius 1 is 1.24 bits per heavy atom. The maximum absolute atomic E-state index is 9.00. The molecule has 0 saturated carbocycles. The van der Waals surface area contributed by atoms with E-state index in [-0.39, 0.29) is 13.2 Å². The molecule has 0 amide bonds. The summed E-state index contributed by atoms with van der Waals surface area (Å²) in [7, 11) is 0. The molecule has 1 aromatic carbocycles. The zero-order chi connectivity index (χ0) is 12.3. The molecule has 2 rings (SSSR count). The Kier molecular flexibility index (Phi) is 3.46. The first-order valence-electron chi connectivity index (χ1n) is 5.45. The second-order valence-corrected chi connectivity index (χ2v) is 3.80. The Hall–Kier alpha value is -1.79. The zero-order valence-electron chi connectivity index (χ0n) is 9.43. The number of H-pyrrole nitrogens is 1. The van der Waals surface area contributed by atoms with Gasteiger partial charge in [-0.25, -0.2) is 0 Å². The van der Waals surface area contributed by atoms with Crippen molar-refractivity contribution in [1.29, 1.82) is 0 Å². The molecule has 0 unspecified atom stereocenters. The minimum Gasteiger partial charge on any atom is -0.397 e. The first kappa shape index (κ1) is 11.7. The highest BCUT2D eigenvalue weighted by atomic mass is 16.3. The number of nitrogen functional groups attached to an aromatic ring is 1. The van der Waals surface area contributed by atoms with Gasteiger partial charge in [0, 0.05) is 18.5 Å². The van der Waals surface area contributed by atoms with E-state index < -0.39 is 0 Å². The molecule has 0 saturated heterocycles. The average molecular weight is 236 g/mol. The van der Waals surface area contributed by atoms with E-state index in [1.807, 2.05) is 17.0 Å². The van der Waals surface area contributed by atoms with Crippen LogP contribution in [0.3, 0.4) is 0 Å². The predicted octanol–water partition coefficient (Wildman–Crippen LogP) is -0.0639. The molecule has 0 radical (unpaired) electrons. The van der Waals surface area contributed by atoms with Crippen molar-refractivity contribution in [3.8, 4) is 0 Å². The van der Waals surface area contributed by atoms with Crippen LogP contribution in [-0.2, 0) is 0 Å². The van der Waals surface area contributed by atoms with Crippen LogP contribution < -0.4 is 10.6 Å². The molecule has 1 aromatic heterocycles. The van der Waals surface area contributed by atoms with Gasteiger partial charge in [0.05, 0.1) is 36.3 Å². The molecule has 0 aliphatic rings. The molecule has 0 fully saturated rings. The van der Waals surface area contributed by atoms with Crippen LogP contribution in [0.1, 0.15) is 0 Å². The number of nitrogens with one attached hydrogen (secondary N) is 1. The molecule has 6 heteroatoms. The third-order valence-corrected chi connectivity index (χ3v) is 2.67. The highest BCUT2D eigenvalue weighted by molar-refractivity contribution is 5.88. The molecular weight excluding hydrogens is 220 g/mol. The van der Waals surface area contributed by atoms with Gasteiger partial charge >= 0.3 is 0 Å². The number of rotatable bonds is 5. The van der Waals surface area contributed by atoms with Gasteiger partial charge in [0.2, 0.25) is 0 Å². The van der Waals surface area contributed by atoms with Crippen LogP contribution in [0.2, 0.25) is 0 Å². The summed E-state index contributed by atoms with van der Waals surface area (Å²) in [6.45, 7) is 0.899. The fourth-order valence-electron chi connectivity index (χ4n) is 1.87. The number of aromatic nitrogens is 2. The predicted molar refractivity (Wildman–Crippen MR) is 66.9 cm³/mol. The Morgan fingerprint density at radius 3 is 2.59 bits per heavy atom. The molecule has 92 valence electrons. The van der Waals surface area contributed by atoms with E-state index in [2.05, 4.69) is 10.2 Å². The van der Waals surface area contributed by atoms with Crippen LogP contribution in [0.4, 0.5) is 11.4 Å². The van der Waals surface area contributed by atoms with E-state index in [0.717, 1.165) is 16.6 Å². The van der Waals surface area contributed by atoms with Gasteiger partial charge in [-0.3, -0.25) is 5.10 Å². The summed E-state index contributed by atoms with van der Waals surface area (Å²) in [6.07, 6.45) is 1.71. The number of fused-ring (bicyclic) bond motifs is 1. The molecule has 6 nitrogen and oxygen atoms in total. The van der Waals surface area contributed by atoms with Gasteiger partial charge in [-0.1, -0.05) is 0 Å². The van der Waals surface area contributed by atoms with Crippen LogP contribution in [0, 0.1) is 0 Å². The average Bonchev–Trinajstić information content (AvgIpc) is 2.74. The monoisotopic (exact) mass is 236 g/mol. The number of nitrogens with zero attached hydrogens (tertiary/aromatic N) is 2. The van der Waals surface area contributed by atoms with Crippen LogP contribution in [0.15, 0.2) is 18.3 Å². The van der Waals surface area contributed by atoms with E-state index in [1.165, 1.54) is 0 Å². The Balaban J connectivity index is 2.39. The lowest BCUT2D eigenvalue weighted by atomic mass is 10.2. The number of hydrogen-bond acceptors (Lipinski definition) is 5. The van der Waals surface area contributed by atoms with Gasteiger partial charge in [-0.15, -0.1) is 0 Å². The van der Waals surface area contributed by atoms with Crippen LogP contribution in [-0.4, -0.2) is 46.7 Å². The standard InChI is InChI=1S/C11H16N4O2/c12-9-5-8-7-13-14-10(8)6-11(9)15(1-3-16)2-4-17/h5-7,16-17H,1-4,12H2,(H,13,14). The van der Waals surface area contributed by atoms with Crippen molar-refractivity contribution in [2.45, 2.75) is 0 Å². The fourth-order valence-corrected chi connectivity index (χ4v) is 1.87. The molecule has 0 spiro atoms. The lowest BCUT2D eigenvalue weighted by Gasteiger charge is -2.24. The van der Waals surface area contributed by atoms with Crippen LogP contribution in [0.25, 0.3) is 10.9 Å². The van der Waals surface area contributed by atoms with Crippen LogP contribution in [0.5, 0.6) is 0 Å². The number of anilines is 2. The fraction of sp³-hybridized carbons (Fsp3) is 0.364. The quantitative estimate of drug-likeness (QED) is 0.545. The number of nitrogens with two attached hydrogens (primary N) is 1. The van der Waals surface area contributed by atoms with Crippen molar-refractivity contribution >= 4 is 22.3 Å². The lowest BCUT2D eigenvalue weighted by Crippen LogP contribution is -2.30. The SMILES string of the molecule is Nc1cc2cn[nH]c2cc1N(CCO)CCO. The summed E-state index contributed by atoms with van der Waals surface area (Å²) < 4.78 is 0. The molecule has 0 aliphatic carbocycles. The minimum atomic E-state index is 0.0143. The van der Waals surface area contributed by atoms with Crippen molar-refractivity contribution in [3.05, 3.63) is 18.3 Å². The van der Waals surface area contributed by atoms with Crippen molar-refractivity contribution in [2.75, 3.05) is 36.9 Å². The first-order chi connectivity index (χ1) is 8.26. The Labute approximate surface area is 98.7 Å². The summed E-state index contributed by atoms with van der Waals surface area (Å²) >= 11 is 0. The topological polar surface area (TPSA) is 98.4 Å². The van der Waals surface area contributed by atoms with Gasteiger partial charge in [0.25, 0.3) is 0 Å². The molecule has 0 aliphatic heterocycles. The normalized spacial score (nSPS) is 10.9. The second-order valence-electron chi connectivity index (χ2n) is 3.80. The number of benzene rings is 1. The van der Waals surface area contributed by atoms with Crippen LogP contribution >= 0.6 is 0 Å². The third-order valence-electron chi connectivity index (χ3n) is 2.67. The summed E-state index contributed by atoms with van der Waals surface area (Å²) in [5.41, 5.74) is 8.25. The number of aliphatic hydroxyl groups is 2. The van der Waals surface area contributed by atoms with Crippen molar-refractivity contribution in [2.24, 2.45) is 0 Å². The third kappa shape index (κ3) is 2.32. The van der Waals surface area contributed by atoms with E-state index in [9.17, 15) is 0 Å². The summed E-state index contributed by atoms with van der Waals surface area (Å²) in [5, 5.41) is 25.8. The van der Waals surface area contributed by atoms with E-state index in [0.29, 0.717) is 18.8 Å². The maximum Gasteiger partial charge on any atom is 0.0672 e. The van der Waals surface area contributed by atoms with Gasteiger partial charge in [-0.05, 0) is 12.1 Å². The molecule has 2 aromatic rings. The van der Waals surface area contributed by atoms with Gasteiger partial charge < -0.3 is 20.8 Å². The Bertz CT molecular complexity index is 491. The maximum atomic E-state index is 9.00. The van der Waals surface area contributed by atoms with E-state index in [1.54, 1.807) is 6.20 Å². The first-order valence-corrected chi connectivity index (χ1v) is 5.45. The molecule has 17 heavy (non-hydrogen) atoms. The van der Waals surface area contributed by atoms with Crippen molar-refractivity contribution in [1.82, 2.24) is 10.2 Å². The van der Waals surface area contributed by atoms with Gasteiger partial charge in [0.15, 0.2) is 0 Å². The highest BCUT2D eigenvalue weighted by Crippen LogP contribution is 2.27. The Morgan fingerprint density at radius 2 is 1.94 bits per heavy atom.